The van der Waals surface area contributed by atoms with Crippen LogP contribution in [-0.4, -0.2) is 20.7 Å². The van der Waals surface area contributed by atoms with Crippen LogP contribution in [0.25, 0.3) is 33.8 Å². The summed E-state index contributed by atoms with van der Waals surface area (Å²) in [5.41, 5.74) is 4.83. The molecular weight excluding hydrogens is 366 g/mol. The topological polar surface area (TPSA) is 86.0 Å². The van der Waals surface area contributed by atoms with E-state index < -0.39 is 4.92 Å². The summed E-state index contributed by atoms with van der Waals surface area (Å²) in [6.45, 7) is 0. The van der Waals surface area contributed by atoms with Crippen molar-refractivity contribution in [3.8, 4) is 33.8 Å². The first kappa shape index (κ1) is 16.9. The average Bonchev–Trinajstić information content (AvgIpc) is 3.06. The second kappa shape index (κ2) is 6.45. The average molecular weight is 379 g/mol. The number of fused-ring (bicyclic) bond motifs is 3. The van der Waals surface area contributed by atoms with Crippen molar-refractivity contribution < 1.29 is 9.72 Å². The van der Waals surface area contributed by atoms with Gasteiger partial charge in [-0.1, -0.05) is 42.5 Å². The molecule has 0 saturated carbocycles. The molecule has 0 N–H and O–H groups in total. The summed E-state index contributed by atoms with van der Waals surface area (Å²) in [6, 6.07) is 20.9. The first-order valence-electron chi connectivity index (χ1n) is 8.99. The molecule has 2 heterocycles. The highest BCUT2D eigenvalue weighted by Crippen LogP contribution is 2.42. The van der Waals surface area contributed by atoms with Gasteiger partial charge < -0.3 is 0 Å². The van der Waals surface area contributed by atoms with Crippen LogP contribution in [0, 0.1) is 10.1 Å². The molecule has 0 fully saturated rings. The molecule has 138 valence electrons. The van der Waals surface area contributed by atoms with Crippen LogP contribution in [0.2, 0.25) is 0 Å². The van der Waals surface area contributed by atoms with Crippen LogP contribution in [0.5, 0.6) is 0 Å². The Balaban J connectivity index is 1.83. The zero-order valence-corrected chi connectivity index (χ0v) is 15.1. The Hall–Kier alpha value is -4.19. The molecule has 4 aromatic rings. The Morgan fingerprint density at radius 3 is 2.34 bits per heavy atom. The van der Waals surface area contributed by atoms with Crippen LogP contribution in [0.4, 0.5) is 5.69 Å². The molecular formula is C23H13N3O3. The van der Waals surface area contributed by atoms with E-state index in [1.807, 2.05) is 36.4 Å². The summed E-state index contributed by atoms with van der Waals surface area (Å²) in [7, 11) is 0. The van der Waals surface area contributed by atoms with Crippen LogP contribution < -0.4 is 0 Å². The standard InChI is InChI=1S/C23H13N3O3/c27-23-17-9-2-1-8-16(17)22-21(23)18(14-6-5-7-15(12-14)26(28)29)13-20(25-22)19-10-3-4-11-24-19/h1-13H. The van der Waals surface area contributed by atoms with E-state index in [9.17, 15) is 14.9 Å². The van der Waals surface area contributed by atoms with Gasteiger partial charge in [0.15, 0.2) is 5.78 Å². The largest absolute Gasteiger partial charge is 0.288 e. The van der Waals surface area contributed by atoms with E-state index in [0.29, 0.717) is 39.3 Å². The number of nitro benzene ring substituents is 1. The SMILES string of the molecule is O=C1c2ccccc2-c2nc(-c3ccccn3)cc(-c3cccc([N+](=O)[O-])c3)c21. The van der Waals surface area contributed by atoms with Crippen molar-refractivity contribution in [3.05, 3.63) is 100 Å². The van der Waals surface area contributed by atoms with Gasteiger partial charge in [-0.15, -0.1) is 0 Å². The molecule has 0 bridgehead atoms. The molecule has 0 spiro atoms. The first-order valence-corrected chi connectivity index (χ1v) is 8.99. The van der Waals surface area contributed by atoms with Gasteiger partial charge in [0.05, 0.1) is 27.6 Å². The van der Waals surface area contributed by atoms with Crippen molar-refractivity contribution in [1.82, 2.24) is 9.97 Å². The van der Waals surface area contributed by atoms with Gasteiger partial charge in [-0.2, -0.15) is 0 Å². The highest BCUT2D eigenvalue weighted by atomic mass is 16.6. The third kappa shape index (κ3) is 2.70. The highest BCUT2D eigenvalue weighted by molar-refractivity contribution is 6.24. The molecule has 0 atom stereocenters. The van der Waals surface area contributed by atoms with Gasteiger partial charge >= 0.3 is 0 Å². The number of ketones is 1. The van der Waals surface area contributed by atoms with Gasteiger partial charge in [0.25, 0.3) is 5.69 Å². The number of non-ortho nitro benzene ring substituents is 1. The van der Waals surface area contributed by atoms with Crippen molar-refractivity contribution >= 4 is 11.5 Å². The van der Waals surface area contributed by atoms with Crippen molar-refractivity contribution in [2.75, 3.05) is 0 Å². The van der Waals surface area contributed by atoms with E-state index in [-0.39, 0.29) is 11.5 Å². The van der Waals surface area contributed by atoms with Gasteiger partial charge in [0, 0.05) is 29.5 Å². The molecule has 5 rings (SSSR count). The maximum absolute atomic E-state index is 13.2. The van der Waals surface area contributed by atoms with E-state index in [2.05, 4.69) is 4.98 Å². The van der Waals surface area contributed by atoms with Crippen molar-refractivity contribution in [2.45, 2.75) is 0 Å². The van der Waals surface area contributed by atoms with Crippen LogP contribution in [-0.2, 0) is 0 Å². The van der Waals surface area contributed by atoms with E-state index in [0.717, 1.165) is 5.56 Å². The van der Waals surface area contributed by atoms with E-state index in [1.165, 1.54) is 12.1 Å². The molecule has 2 aromatic heterocycles. The van der Waals surface area contributed by atoms with Gasteiger partial charge in [0.2, 0.25) is 0 Å². The minimum absolute atomic E-state index is 0.0320. The Kier molecular flexibility index (Phi) is 3.77. The summed E-state index contributed by atoms with van der Waals surface area (Å²) < 4.78 is 0. The summed E-state index contributed by atoms with van der Waals surface area (Å²) in [4.78, 5) is 33.1. The molecule has 29 heavy (non-hydrogen) atoms. The van der Waals surface area contributed by atoms with Crippen molar-refractivity contribution in [1.29, 1.82) is 0 Å². The Labute approximate surface area is 165 Å². The Morgan fingerprint density at radius 1 is 0.793 bits per heavy atom. The van der Waals surface area contributed by atoms with Crippen molar-refractivity contribution in [2.24, 2.45) is 0 Å². The lowest BCUT2D eigenvalue weighted by molar-refractivity contribution is -0.384. The number of rotatable bonds is 3. The zero-order chi connectivity index (χ0) is 20.0. The number of aromatic nitrogens is 2. The molecule has 1 aliphatic carbocycles. The van der Waals surface area contributed by atoms with Gasteiger partial charge in [-0.3, -0.25) is 19.9 Å². The molecule has 2 aromatic carbocycles. The molecule has 6 nitrogen and oxygen atoms in total. The number of hydrogen-bond donors (Lipinski definition) is 0. The van der Waals surface area contributed by atoms with E-state index in [4.69, 9.17) is 4.98 Å². The fourth-order valence-electron chi connectivity index (χ4n) is 3.65. The normalized spacial score (nSPS) is 11.8. The van der Waals surface area contributed by atoms with E-state index >= 15 is 0 Å². The smallest absolute Gasteiger partial charge is 0.270 e. The number of hydrogen-bond acceptors (Lipinski definition) is 5. The van der Waals surface area contributed by atoms with Gasteiger partial charge in [0.1, 0.15) is 0 Å². The molecule has 1 aliphatic rings. The molecule has 0 unspecified atom stereocenters. The quantitative estimate of drug-likeness (QED) is 0.328. The Bertz CT molecular complexity index is 1300. The highest BCUT2D eigenvalue weighted by Gasteiger charge is 2.32. The minimum Gasteiger partial charge on any atom is -0.288 e. The molecule has 0 radical (unpaired) electrons. The van der Waals surface area contributed by atoms with Gasteiger partial charge in [-0.05, 0) is 29.3 Å². The van der Waals surface area contributed by atoms with Crippen LogP contribution in [0.1, 0.15) is 15.9 Å². The number of pyridine rings is 2. The van der Waals surface area contributed by atoms with E-state index in [1.54, 1.807) is 30.5 Å². The lowest BCUT2D eigenvalue weighted by Gasteiger charge is -2.11. The number of carbonyl (C=O) groups is 1. The maximum atomic E-state index is 13.2. The number of nitrogens with zero attached hydrogens (tertiary/aromatic N) is 3. The first-order chi connectivity index (χ1) is 14.1. The number of benzene rings is 2. The summed E-state index contributed by atoms with van der Waals surface area (Å²) in [6.07, 6.45) is 1.68. The minimum atomic E-state index is -0.443. The lowest BCUT2D eigenvalue weighted by Crippen LogP contribution is -2.01. The van der Waals surface area contributed by atoms with Crippen LogP contribution in [0.3, 0.4) is 0 Å². The fraction of sp³-hybridized carbons (Fsp3) is 0. The van der Waals surface area contributed by atoms with Gasteiger partial charge in [-0.25, -0.2) is 4.98 Å². The molecule has 0 aliphatic heterocycles. The summed E-state index contributed by atoms with van der Waals surface area (Å²) in [5.74, 6) is -0.128. The number of carbonyl (C=O) groups excluding carboxylic acids is 1. The third-order valence-corrected chi connectivity index (χ3v) is 4.97. The van der Waals surface area contributed by atoms with Crippen LogP contribution in [0.15, 0.2) is 79.0 Å². The Morgan fingerprint density at radius 2 is 1.59 bits per heavy atom. The zero-order valence-electron chi connectivity index (χ0n) is 15.1. The number of nitro groups is 1. The monoisotopic (exact) mass is 379 g/mol. The summed E-state index contributed by atoms with van der Waals surface area (Å²) >= 11 is 0. The van der Waals surface area contributed by atoms with Crippen LogP contribution >= 0.6 is 0 Å². The molecule has 0 amide bonds. The predicted molar refractivity (Wildman–Crippen MR) is 108 cm³/mol. The molecule has 6 heteroatoms. The maximum Gasteiger partial charge on any atom is 0.270 e. The second-order valence-electron chi connectivity index (χ2n) is 6.68. The molecule has 0 saturated heterocycles. The lowest BCUT2D eigenvalue weighted by atomic mass is 9.96. The summed E-state index contributed by atoms with van der Waals surface area (Å²) in [5, 5.41) is 11.3. The van der Waals surface area contributed by atoms with Crippen molar-refractivity contribution in [3.63, 3.8) is 0 Å². The third-order valence-electron chi connectivity index (χ3n) is 4.97. The predicted octanol–water partition coefficient (Wildman–Crippen LogP) is 4.93. The second-order valence-corrected chi connectivity index (χ2v) is 6.68. The fourth-order valence-corrected chi connectivity index (χ4v) is 3.65.